The second-order valence-electron chi connectivity index (χ2n) is 4.70. The van der Waals surface area contributed by atoms with Crippen LogP contribution < -0.4 is 0 Å². The fourth-order valence-corrected chi connectivity index (χ4v) is 2.22. The van der Waals surface area contributed by atoms with E-state index in [1.807, 2.05) is 0 Å². The van der Waals surface area contributed by atoms with Crippen LogP contribution in [0.3, 0.4) is 0 Å². The van der Waals surface area contributed by atoms with E-state index in [1.165, 1.54) is 23.9 Å². The Hall–Kier alpha value is -2.77. The van der Waals surface area contributed by atoms with Gasteiger partial charge in [0.1, 0.15) is 16.8 Å². The van der Waals surface area contributed by atoms with Gasteiger partial charge in [-0.3, -0.25) is 4.68 Å². The number of carboxylic acid groups (broad SMARTS) is 1. The fourth-order valence-electron chi connectivity index (χ4n) is 2.22. The van der Waals surface area contributed by atoms with Gasteiger partial charge in [0, 0.05) is 12.4 Å². The van der Waals surface area contributed by atoms with Gasteiger partial charge in [-0.1, -0.05) is 0 Å². The highest BCUT2D eigenvalue weighted by atomic mass is 19.4. The third-order valence-corrected chi connectivity index (χ3v) is 3.25. The zero-order valence-electron chi connectivity index (χ0n) is 11.2. The molecule has 0 amide bonds. The van der Waals surface area contributed by atoms with Crippen LogP contribution in [-0.2, 0) is 13.2 Å². The number of aromatic carboxylic acids is 1. The second-order valence-corrected chi connectivity index (χ2v) is 4.70. The van der Waals surface area contributed by atoms with Gasteiger partial charge >= 0.3 is 12.1 Å². The third kappa shape index (κ3) is 2.22. The highest BCUT2D eigenvalue weighted by Gasteiger charge is 2.31. The summed E-state index contributed by atoms with van der Waals surface area (Å²) in [5, 5.41) is 13.2. The van der Waals surface area contributed by atoms with Crippen molar-refractivity contribution in [3.05, 3.63) is 41.6 Å². The molecule has 0 atom stereocenters. The lowest BCUT2D eigenvalue weighted by molar-refractivity contribution is -0.137. The number of furan rings is 1. The molecule has 0 unspecified atom stereocenters. The van der Waals surface area contributed by atoms with Crippen molar-refractivity contribution >= 4 is 16.9 Å². The SMILES string of the molecule is Cn1ncc(C(=O)O)c1-c1cc2cc(C(F)(F)F)ccc2o1. The predicted molar refractivity (Wildman–Crippen MR) is 70.4 cm³/mol. The molecule has 22 heavy (non-hydrogen) atoms. The molecule has 0 saturated carbocycles. The van der Waals surface area contributed by atoms with Gasteiger partial charge in [-0.15, -0.1) is 0 Å². The highest BCUT2D eigenvalue weighted by Crippen LogP contribution is 2.35. The summed E-state index contributed by atoms with van der Waals surface area (Å²) in [6.07, 6.45) is -3.30. The number of aromatic nitrogens is 2. The fraction of sp³-hybridized carbons (Fsp3) is 0.143. The Labute approximate surface area is 121 Å². The van der Waals surface area contributed by atoms with E-state index in [9.17, 15) is 18.0 Å². The molecule has 2 heterocycles. The summed E-state index contributed by atoms with van der Waals surface area (Å²) >= 11 is 0. The van der Waals surface area contributed by atoms with Crippen molar-refractivity contribution in [1.29, 1.82) is 0 Å². The Morgan fingerprint density at radius 1 is 1.32 bits per heavy atom. The molecule has 0 radical (unpaired) electrons. The standard InChI is InChI=1S/C14H9F3N2O3/c1-19-12(9(6-18-19)13(20)21)11-5-7-4-8(14(15,16)17)2-3-10(7)22-11/h2-6H,1H3,(H,20,21). The normalized spacial score (nSPS) is 12.0. The Bertz CT molecular complexity index is 877. The number of carboxylic acids is 1. The van der Waals surface area contributed by atoms with Gasteiger partial charge in [-0.2, -0.15) is 18.3 Å². The molecule has 0 aliphatic carbocycles. The van der Waals surface area contributed by atoms with E-state index in [-0.39, 0.29) is 28.0 Å². The molecule has 0 aliphatic rings. The lowest BCUT2D eigenvalue weighted by atomic mass is 10.1. The van der Waals surface area contributed by atoms with Gasteiger partial charge in [0.25, 0.3) is 0 Å². The number of hydrogen-bond acceptors (Lipinski definition) is 3. The maximum Gasteiger partial charge on any atom is 0.416 e. The monoisotopic (exact) mass is 310 g/mol. The minimum Gasteiger partial charge on any atom is -0.478 e. The van der Waals surface area contributed by atoms with E-state index in [1.54, 1.807) is 0 Å². The first-order valence-corrected chi connectivity index (χ1v) is 6.14. The molecule has 5 nitrogen and oxygen atoms in total. The van der Waals surface area contributed by atoms with Gasteiger partial charge in [-0.25, -0.2) is 4.79 Å². The minimum atomic E-state index is -4.45. The number of benzene rings is 1. The maximum absolute atomic E-state index is 12.7. The van der Waals surface area contributed by atoms with E-state index in [0.29, 0.717) is 0 Å². The first-order chi connectivity index (χ1) is 10.3. The van der Waals surface area contributed by atoms with E-state index in [4.69, 9.17) is 9.52 Å². The van der Waals surface area contributed by atoms with Gasteiger partial charge in [0.2, 0.25) is 0 Å². The molecule has 8 heteroatoms. The number of carbonyl (C=O) groups is 1. The van der Waals surface area contributed by atoms with Gasteiger partial charge in [0.15, 0.2) is 5.76 Å². The molecule has 1 N–H and O–H groups in total. The van der Waals surface area contributed by atoms with Crippen molar-refractivity contribution < 1.29 is 27.5 Å². The number of halogens is 3. The molecule has 3 rings (SSSR count). The second kappa shape index (κ2) is 4.62. The van der Waals surface area contributed by atoms with E-state index >= 15 is 0 Å². The predicted octanol–water partition coefficient (Wildman–Crippen LogP) is 3.55. The molecule has 2 aromatic heterocycles. The summed E-state index contributed by atoms with van der Waals surface area (Å²) < 4.78 is 44.9. The van der Waals surface area contributed by atoms with Gasteiger partial charge < -0.3 is 9.52 Å². The first kappa shape index (κ1) is 14.2. The summed E-state index contributed by atoms with van der Waals surface area (Å²) in [4.78, 5) is 11.2. The summed E-state index contributed by atoms with van der Waals surface area (Å²) in [7, 11) is 1.52. The van der Waals surface area contributed by atoms with Gasteiger partial charge in [-0.05, 0) is 24.3 Å². The molecule has 0 spiro atoms. The number of fused-ring (bicyclic) bond motifs is 1. The highest BCUT2D eigenvalue weighted by molar-refractivity contribution is 5.95. The molecule has 114 valence electrons. The van der Waals surface area contributed by atoms with Crippen LogP contribution in [0.25, 0.3) is 22.4 Å². The van der Waals surface area contributed by atoms with E-state index < -0.39 is 17.7 Å². The van der Waals surface area contributed by atoms with Crippen LogP contribution in [0.4, 0.5) is 13.2 Å². The Morgan fingerprint density at radius 3 is 2.68 bits per heavy atom. The van der Waals surface area contributed by atoms with Crippen LogP contribution in [0.5, 0.6) is 0 Å². The van der Waals surface area contributed by atoms with Crippen molar-refractivity contribution in [1.82, 2.24) is 9.78 Å². The molecule has 3 aromatic rings. The number of hydrogen-bond donors (Lipinski definition) is 1. The quantitative estimate of drug-likeness (QED) is 0.786. The smallest absolute Gasteiger partial charge is 0.416 e. The molecule has 0 fully saturated rings. The first-order valence-electron chi connectivity index (χ1n) is 6.14. The lowest BCUT2D eigenvalue weighted by Gasteiger charge is -2.04. The van der Waals surface area contributed by atoms with Crippen molar-refractivity contribution in [2.45, 2.75) is 6.18 Å². The zero-order chi connectivity index (χ0) is 16.1. The van der Waals surface area contributed by atoms with E-state index in [2.05, 4.69) is 5.10 Å². The zero-order valence-corrected chi connectivity index (χ0v) is 11.2. The van der Waals surface area contributed by atoms with Crippen LogP contribution in [0.1, 0.15) is 15.9 Å². The lowest BCUT2D eigenvalue weighted by Crippen LogP contribution is -2.03. The maximum atomic E-state index is 12.7. The summed E-state index contributed by atoms with van der Waals surface area (Å²) in [5.41, 5.74) is -0.453. The summed E-state index contributed by atoms with van der Waals surface area (Å²) in [6, 6.07) is 4.45. The third-order valence-electron chi connectivity index (χ3n) is 3.25. The molecule has 1 aromatic carbocycles. The number of rotatable bonds is 2. The molecular weight excluding hydrogens is 301 g/mol. The van der Waals surface area contributed by atoms with Crippen LogP contribution in [0, 0.1) is 0 Å². The van der Waals surface area contributed by atoms with Crippen molar-refractivity contribution in [2.24, 2.45) is 7.05 Å². The Morgan fingerprint density at radius 2 is 2.05 bits per heavy atom. The average Bonchev–Trinajstić information content (AvgIpc) is 2.99. The molecule has 0 bridgehead atoms. The van der Waals surface area contributed by atoms with Crippen molar-refractivity contribution in [3.63, 3.8) is 0 Å². The van der Waals surface area contributed by atoms with Crippen molar-refractivity contribution in [2.75, 3.05) is 0 Å². The number of alkyl halides is 3. The van der Waals surface area contributed by atoms with E-state index in [0.717, 1.165) is 18.3 Å². The van der Waals surface area contributed by atoms with Crippen LogP contribution in [0.15, 0.2) is 34.9 Å². The average molecular weight is 310 g/mol. The topological polar surface area (TPSA) is 68.3 Å². The number of aryl methyl sites for hydroxylation is 1. The molecular formula is C14H9F3N2O3. The Kier molecular flexibility index (Phi) is 2.98. The number of nitrogens with zero attached hydrogens (tertiary/aromatic N) is 2. The van der Waals surface area contributed by atoms with Crippen LogP contribution in [0.2, 0.25) is 0 Å². The van der Waals surface area contributed by atoms with Gasteiger partial charge in [0.05, 0.1) is 11.8 Å². The van der Waals surface area contributed by atoms with Crippen LogP contribution in [-0.4, -0.2) is 20.9 Å². The molecule has 0 aliphatic heterocycles. The minimum absolute atomic E-state index is 0.0856. The van der Waals surface area contributed by atoms with Crippen LogP contribution >= 0.6 is 0 Å². The summed E-state index contributed by atoms with van der Waals surface area (Å²) in [5.74, 6) is -1.05. The Balaban J connectivity index is 2.18. The van der Waals surface area contributed by atoms with Crippen molar-refractivity contribution in [3.8, 4) is 11.5 Å². The molecule has 0 saturated heterocycles. The summed E-state index contributed by atoms with van der Waals surface area (Å²) in [6.45, 7) is 0. The largest absolute Gasteiger partial charge is 0.478 e.